The van der Waals surface area contributed by atoms with E-state index in [4.69, 9.17) is 4.74 Å². The van der Waals surface area contributed by atoms with Crippen LogP contribution in [0, 0.1) is 13.8 Å². The second kappa shape index (κ2) is 5.48. The van der Waals surface area contributed by atoms with E-state index in [1.165, 1.54) is 4.90 Å². The molecule has 0 spiro atoms. The molecular formula is C17H22N2O3. The van der Waals surface area contributed by atoms with Crippen LogP contribution in [0.2, 0.25) is 0 Å². The number of rotatable bonds is 2. The van der Waals surface area contributed by atoms with Gasteiger partial charge in [-0.3, -0.25) is 4.79 Å². The van der Waals surface area contributed by atoms with Gasteiger partial charge in [0.1, 0.15) is 5.76 Å². The van der Waals surface area contributed by atoms with E-state index in [0.717, 1.165) is 16.7 Å². The van der Waals surface area contributed by atoms with E-state index in [1.54, 1.807) is 14.1 Å². The number of aryl methyl sites for hydroxylation is 2. The maximum atomic E-state index is 12.4. The Bertz CT molecular complexity index is 672. The molecule has 0 unspecified atom stereocenters. The van der Waals surface area contributed by atoms with Gasteiger partial charge in [0.25, 0.3) is 5.91 Å². The van der Waals surface area contributed by atoms with Crippen LogP contribution >= 0.6 is 0 Å². The lowest BCUT2D eigenvalue weighted by Crippen LogP contribution is -2.40. The molecule has 118 valence electrons. The smallest absolute Gasteiger partial charge is 0.411 e. The Labute approximate surface area is 130 Å². The van der Waals surface area contributed by atoms with Gasteiger partial charge < -0.3 is 15.0 Å². The van der Waals surface area contributed by atoms with E-state index in [-0.39, 0.29) is 5.91 Å². The van der Waals surface area contributed by atoms with Gasteiger partial charge in [-0.05, 0) is 38.8 Å². The summed E-state index contributed by atoms with van der Waals surface area (Å²) in [5.41, 5.74) is 2.51. The van der Waals surface area contributed by atoms with Crippen molar-refractivity contribution in [1.82, 2.24) is 10.2 Å². The molecule has 0 saturated carbocycles. The molecule has 1 heterocycles. The third-order valence-electron chi connectivity index (χ3n) is 3.66. The van der Waals surface area contributed by atoms with E-state index in [0.29, 0.717) is 11.3 Å². The minimum Gasteiger partial charge on any atom is -0.411 e. The van der Waals surface area contributed by atoms with Gasteiger partial charge in [0, 0.05) is 14.1 Å². The molecule has 5 nitrogen and oxygen atoms in total. The topological polar surface area (TPSA) is 58.6 Å². The summed E-state index contributed by atoms with van der Waals surface area (Å²) >= 11 is 0. The third kappa shape index (κ3) is 2.84. The van der Waals surface area contributed by atoms with E-state index in [2.05, 4.69) is 5.32 Å². The van der Waals surface area contributed by atoms with Crippen LogP contribution in [0.5, 0.6) is 0 Å². The van der Waals surface area contributed by atoms with Crippen molar-refractivity contribution >= 4 is 17.6 Å². The van der Waals surface area contributed by atoms with E-state index in [9.17, 15) is 9.59 Å². The average Bonchev–Trinajstić information content (AvgIpc) is 2.62. The Morgan fingerprint density at radius 3 is 2.45 bits per heavy atom. The molecule has 1 aliphatic heterocycles. The molecule has 0 saturated heterocycles. The molecule has 1 N–H and O–H groups in total. The quantitative estimate of drug-likeness (QED) is 0.913. The minimum absolute atomic E-state index is 0.222. The number of hydrogen-bond donors (Lipinski definition) is 1. The number of ether oxygens (including phenoxy) is 1. The predicted octanol–water partition coefficient (Wildman–Crippen LogP) is 2.62. The highest BCUT2D eigenvalue weighted by atomic mass is 16.6. The van der Waals surface area contributed by atoms with Gasteiger partial charge in [-0.25, -0.2) is 4.79 Å². The van der Waals surface area contributed by atoms with E-state index < -0.39 is 11.6 Å². The average molecular weight is 302 g/mol. The zero-order chi connectivity index (χ0) is 16.7. The van der Waals surface area contributed by atoms with Gasteiger partial charge >= 0.3 is 6.09 Å². The summed E-state index contributed by atoms with van der Waals surface area (Å²) in [6, 6.07) is 5.89. The first-order valence-electron chi connectivity index (χ1n) is 7.17. The van der Waals surface area contributed by atoms with Gasteiger partial charge in [0.15, 0.2) is 0 Å². The highest BCUT2D eigenvalue weighted by molar-refractivity contribution is 6.23. The standard InChI is InChI=1S/C17H22N2O3/c1-10-7-8-11(2)12(9-10)13-14(22-16(21)19(5)6)17(3,4)18-15(13)20/h7-9H,1-6H3,(H,18,20). The number of carbonyl (C=O) groups is 2. The highest BCUT2D eigenvalue weighted by Crippen LogP contribution is 2.35. The van der Waals surface area contributed by atoms with Crippen LogP contribution in [-0.2, 0) is 9.53 Å². The van der Waals surface area contributed by atoms with E-state index >= 15 is 0 Å². The van der Waals surface area contributed by atoms with Crippen molar-refractivity contribution < 1.29 is 14.3 Å². The fourth-order valence-corrected chi connectivity index (χ4v) is 2.43. The monoisotopic (exact) mass is 302 g/mol. The number of amides is 2. The summed E-state index contributed by atoms with van der Waals surface area (Å²) in [6.45, 7) is 7.54. The van der Waals surface area contributed by atoms with Crippen LogP contribution in [0.3, 0.4) is 0 Å². The second-order valence-corrected chi connectivity index (χ2v) is 6.36. The zero-order valence-corrected chi connectivity index (χ0v) is 13.9. The number of hydrogen-bond acceptors (Lipinski definition) is 3. The molecule has 0 fully saturated rings. The molecule has 0 bridgehead atoms. The second-order valence-electron chi connectivity index (χ2n) is 6.36. The molecule has 2 rings (SSSR count). The molecule has 0 aromatic heterocycles. The molecule has 0 aliphatic carbocycles. The summed E-state index contributed by atoms with van der Waals surface area (Å²) in [5, 5.41) is 2.87. The van der Waals surface area contributed by atoms with Crippen LogP contribution in [0.25, 0.3) is 5.57 Å². The van der Waals surface area contributed by atoms with Crippen LogP contribution in [-0.4, -0.2) is 36.5 Å². The summed E-state index contributed by atoms with van der Waals surface area (Å²) in [6.07, 6.45) is -0.498. The first-order valence-corrected chi connectivity index (χ1v) is 7.17. The SMILES string of the molecule is Cc1ccc(C)c(C2=C(OC(=O)N(C)C)C(C)(C)NC2=O)c1. The molecular weight excluding hydrogens is 280 g/mol. The van der Waals surface area contributed by atoms with Gasteiger partial charge in [0.2, 0.25) is 0 Å². The highest BCUT2D eigenvalue weighted by Gasteiger charge is 2.42. The molecule has 0 radical (unpaired) electrons. The zero-order valence-electron chi connectivity index (χ0n) is 13.9. The fraction of sp³-hybridized carbons (Fsp3) is 0.412. The Hall–Kier alpha value is -2.30. The molecule has 1 aromatic rings. The minimum atomic E-state index is -0.728. The Morgan fingerprint density at radius 1 is 1.23 bits per heavy atom. The Balaban J connectivity index is 2.62. The lowest BCUT2D eigenvalue weighted by Gasteiger charge is -2.23. The fourth-order valence-electron chi connectivity index (χ4n) is 2.43. The largest absolute Gasteiger partial charge is 0.414 e. The van der Waals surface area contributed by atoms with Crippen molar-refractivity contribution in [2.75, 3.05) is 14.1 Å². The number of benzene rings is 1. The van der Waals surface area contributed by atoms with Crippen molar-refractivity contribution in [2.24, 2.45) is 0 Å². The van der Waals surface area contributed by atoms with Crippen LogP contribution in [0.4, 0.5) is 4.79 Å². The molecule has 5 heteroatoms. The summed E-state index contributed by atoms with van der Waals surface area (Å²) in [4.78, 5) is 25.7. The molecule has 0 atom stereocenters. The van der Waals surface area contributed by atoms with Crippen molar-refractivity contribution in [3.8, 4) is 0 Å². The molecule has 2 amide bonds. The third-order valence-corrected chi connectivity index (χ3v) is 3.66. The van der Waals surface area contributed by atoms with Gasteiger partial charge in [-0.1, -0.05) is 23.8 Å². The van der Waals surface area contributed by atoms with Crippen molar-refractivity contribution in [1.29, 1.82) is 0 Å². The Morgan fingerprint density at radius 2 is 1.86 bits per heavy atom. The van der Waals surface area contributed by atoms with E-state index in [1.807, 2.05) is 45.9 Å². The first kappa shape index (κ1) is 16.1. The Kier molecular flexibility index (Phi) is 4.00. The first-order chi connectivity index (χ1) is 10.1. The lowest BCUT2D eigenvalue weighted by molar-refractivity contribution is -0.115. The summed E-state index contributed by atoms with van der Waals surface area (Å²) in [7, 11) is 3.22. The molecule has 1 aliphatic rings. The number of nitrogens with zero attached hydrogens (tertiary/aromatic N) is 1. The molecule has 1 aromatic carbocycles. The van der Waals surface area contributed by atoms with Gasteiger partial charge in [0.05, 0.1) is 11.1 Å². The summed E-state index contributed by atoms with van der Waals surface area (Å²) < 4.78 is 5.50. The lowest BCUT2D eigenvalue weighted by atomic mass is 9.95. The number of nitrogens with one attached hydrogen (secondary N) is 1. The normalized spacial score (nSPS) is 16.5. The van der Waals surface area contributed by atoms with Crippen LogP contribution < -0.4 is 5.32 Å². The van der Waals surface area contributed by atoms with Crippen LogP contribution in [0.15, 0.2) is 24.0 Å². The summed E-state index contributed by atoms with van der Waals surface area (Å²) in [5.74, 6) is 0.144. The predicted molar refractivity (Wildman–Crippen MR) is 85.2 cm³/mol. The van der Waals surface area contributed by atoms with Crippen molar-refractivity contribution in [3.05, 3.63) is 40.6 Å². The number of carbonyl (C=O) groups excluding carboxylic acids is 2. The maximum absolute atomic E-state index is 12.4. The maximum Gasteiger partial charge on any atom is 0.414 e. The van der Waals surface area contributed by atoms with Gasteiger partial charge in [-0.15, -0.1) is 0 Å². The van der Waals surface area contributed by atoms with Crippen molar-refractivity contribution in [3.63, 3.8) is 0 Å². The van der Waals surface area contributed by atoms with Gasteiger partial charge in [-0.2, -0.15) is 0 Å². The van der Waals surface area contributed by atoms with Crippen molar-refractivity contribution in [2.45, 2.75) is 33.2 Å². The van der Waals surface area contributed by atoms with Crippen LogP contribution in [0.1, 0.15) is 30.5 Å². The molecule has 22 heavy (non-hydrogen) atoms.